The first kappa shape index (κ1) is 22.4. The molecule has 10 heteroatoms. The lowest BCUT2D eigenvalue weighted by Crippen LogP contribution is -2.22. The van der Waals surface area contributed by atoms with Crippen molar-refractivity contribution in [2.75, 3.05) is 33.1 Å². The molecule has 1 aromatic carbocycles. The largest absolute Gasteiger partial charge is 0.495 e. The number of aryl methyl sites for hydroxylation is 1. The number of hydrogen-bond acceptors (Lipinski definition) is 6. The van der Waals surface area contributed by atoms with E-state index in [1.54, 1.807) is 20.8 Å². The molecule has 29 heavy (non-hydrogen) atoms. The van der Waals surface area contributed by atoms with Crippen molar-refractivity contribution in [2.45, 2.75) is 25.7 Å². The van der Waals surface area contributed by atoms with Gasteiger partial charge in [0.15, 0.2) is 0 Å². The second-order valence-electron chi connectivity index (χ2n) is 6.45. The summed E-state index contributed by atoms with van der Waals surface area (Å²) in [4.78, 5) is 27.9. The maximum absolute atomic E-state index is 12.8. The van der Waals surface area contributed by atoms with E-state index in [1.165, 1.54) is 39.4 Å². The van der Waals surface area contributed by atoms with Gasteiger partial charge in [0.05, 0.1) is 29.9 Å². The van der Waals surface area contributed by atoms with Crippen LogP contribution in [-0.2, 0) is 14.8 Å². The molecule has 0 aliphatic heterocycles. The number of hydrogen-bond donors (Lipinski definition) is 2. The summed E-state index contributed by atoms with van der Waals surface area (Å²) in [6.07, 6.45) is 0. The van der Waals surface area contributed by atoms with Crippen molar-refractivity contribution in [2.24, 2.45) is 0 Å². The van der Waals surface area contributed by atoms with Crippen LogP contribution in [-0.4, -0.2) is 57.4 Å². The molecule has 0 saturated carbocycles. The van der Waals surface area contributed by atoms with Crippen molar-refractivity contribution in [3.63, 3.8) is 0 Å². The molecule has 1 amide bonds. The van der Waals surface area contributed by atoms with E-state index >= 15 is 0 Å². The number of benzene rings is 1. The molecule has 158 valence electrons. The summed E-state index contributed by atoms with van der Waals surface area (Å²) in [5.74, 6) is -0.768. The number of carbonyl (C=O) groups excluding carboxylic acids is 2. The molecule has 0 radical (unpaired) electrons. The average molecular weight is 423 g/mol. The number of nitrogens with zero attached hydrogens (tertiary/aromatic N) is 1. The van der Waals surface area contributed by atoms with E-state index in [0.717, 1.165) is 4.31 Å². The van der Waals surface area contributed by atoms with Crippen LogP contribution in [0.5, 0.6) is 5.75 Å². The van der Waals surface area contributed by atoms with Crippen LogP contribution in [0.4, 0.5) is 5.69 Å². The number of aromatic amines is 1. The van der Waals surface area contributed by atoms with Crippen LogP contribution in [0.2, 0.25) is 0 Å². The minimum Gasteiger partial charge on any atom is -0.495 e. The third-order valence-electron chi connectivity index (χ3n) is 4.34. The first-order chi connectivity index (χ1) is 13.5. The Labute approximate surface area is 170 Å². The fraction of sp³-hybridized carbons (Fsp3) is 0.368. The Kier molecular flexibility index (Phi) is 6.70. The lowest BCUT2D eigenvalue weighted by atomic mass is 10.1. The highest BCUT2D eigenvalue weighted by molar-refractivity contribution is 7.89. The number of aromatic nitrogens is 1. The summed E-state index contributed by atoms with van der Waals surface area (Å²) < 4.78 is 36.1. The molecule has 0 aliphatic rings. The molecule has 2 aromatic rings. The van der Waals surface area contributed by atoms with Crippen molar-refractivity contribution < 1.29 is 27.5 Å². The summed E-state index contributed by atoms with van der Waals surface area (Å²) in [7, 11) is 0.548. The van der Waals surface area contributed by atoms with Crippen molar-refractivity contribution in [1.82, 2.24) is 9.29 Å². The van der Waals surface area contributed by atoms with Gasteiger partial charge >= 0.3 is 5.97 Å². The molecule has 0 bridgehead atoms. The van der Waals surface area contributed by atoms with Gasteiger partial charge in [-0.05, 0) is 44.5 Å². The molecule has 0 fully saturated rings. The number of methoxy groups -OCH3 is 1. The van der Waals surface area contributed by atoms with Gasteiger partial charge in [0.1, 0.15) is 11.4 Å². The predicted molar refractivity (Wildman–Crippen MR) is 108 cm³/mol. The molecule has 9 nitrogen and oxygen atoms in total. The first-order valence-corrected chi connectivity index (χ1v) is 10.3. The standard InChI is InChI=1S/C19H25N3O6S/c1-7-28-19(24)16-11(2)17(20-12(16)3)18(23)21-14-10-13(8-9-15(14)27-6)29(25,26)22(4)5/h8-10,20H,7H2,1-6H3,(H,21,23). The number of amides is 1. The molecule has 0 aliphatic carbocycles. The second kappa shape index (κ2) is 8.66. The quantitative estimate of drug-likeness (QED) is 0.660. The van der Waals surface area contributed by atoms with Crippen LogP contribution in [0.25, 0.3) is 0 Å². The van der Waals surface area contributed by atoms with Gasteiger partial charge < -0.3 is 19.8 Å². The number of carbonyl (C=O) groups is 2. The highest BCUT2D eigenvalue weighted by Crippen LogP contribution is 2.29. The summed E-state index contributed by atoms with van der Waals surface area (Å²) in [5, 5.41) is 2.65. The molecule has 0 unspecified atom stereocenters. The normalized spacial score (nSPS) is 11.4. The molecule has 0 atom stereocenters. The van der Waals surface area contributed by atoms with Gasteiger partial charge in [0.2, 0.25) is 10.0 Å². The van der Waals surface area contributed by atoms with E-state index < -0.39 is 21.9 Å². The predicted octanol–water partition coefficient (Wildman–Crippen LogP) is 2.32. The van der Waals surface area contributed by atoms with Crippen LogP contribution in [0.1, 0.15) is 39.0 Å². The lowest BCUT2D eigenvalue weighted by molar-refractivity contribution is 0.0525. The molecule has 0 spiro atoms. The molecule has 1 heterocycles. The Morgan fingerprint density at radius 3 is 2.41 bits per heavy atom. The maximum atomic E-state index is 12.8. The summed E-state index contributed by atoms with van der Waals surface area (Å²) in [6.45, 7) is 5.22. The van der Waals surface area contributed by atoms with Gasteiger partial charge in [-0.2, -0.15) is 0 Å². The Bertz CT molecular complexity index is 1040. The highest BCUT2D eigenvalue weighted by Gasteiger charge is 2.24. The summed E-state index contributed by atoms with van der Waals surface area (Å²) >= 11 is 0. The van der Waals surface area contributed by atoms with E-state index in [4.69, 9.17) is 9.47 Å². The van der Waals surface area contributed by atoms with Crippen molar-refractivity contribution in [1.29, 1.82) is 0 Å². The van der Waals surface area contributed by atoms with Crippen molar-refractivity contribution >= 4 is 27.6 Å². The SMILES string of the molecule is CCOC(=O)c1c(C)[nH]c(C(=O)Nc2cc(S(=O)(=O)N(C)C)ccc2OC)c1C. The molecule has 2 N–H and O–H groups in total. The number of anilines is 1. The fourth-order valence-corrected chi connectivity index (χ4v) is 3.76. The smallest absolute Gasteiger partial charge is 0.340 e. The van der Waals surface area contributed by atoms with Crippen molar-refractivity contribution in [3.05, 3.63) is 40.7 Å². The Balaban J connectivity index is 2.43. The zero-order valence-electron chi connectivity index (χ0n) is 17.2. The van der Waals surface area contributed by atoms with E-state index in [9.17, 15) is 18.0 Å². The van der Waals surface area contributed by atoms with Crippen LogP contribution in [0, 0.1) is 13.8 Å². The minimum absolute atomic E-state index is 0.00482. The summed E-state index contributed by atoms with van der Waals surface area (Å²) in [5.41, 5.74) is 1.60. The highest BCUT2D eigenvalue weighted by atomic mass is 32.2. The van der Waals surface area contributed by atoms with Crippen LogP contribution < -0.4 is 10.1 Å². The number of H-pyrrole nitrogens is 1. The van der Waals surface area contributed by atoms with Gasteiger partial charge in [0.25, 0.3) is 5.91 Å². The minimum atomic E-state index is -3.70. The van der Waals surface area contributed by atoms with Gasteiger partial charge in [-0.1, -0.05) is 0 Å². The molecular weight excluding hydrogens is 398 g/mol. The van der Waals surface area contributed by atoms with E-state index in [-0.39, 0.29) is 22.9 Å². The Hall–Kier alpha value is -2.85. The van der Waals surface area contributed by atoms with Crippen LogP contribution in [0.15, 0.2) is 23.1 Å². The first-order valence-electron chi connectivity index (χ1n) is 8.82. The van der Waals surface area contributed by atoms with Gasteiger partial charge in [-0.25, -0.2) is 17.5 Å². The lowest BCUT2D eigenvalue weighted by Gasteiger charge is -2.15. The molecule has 1 aromatic heterocycles. The molecule has 0 saturated heterocycles. The Morgan fingerprint density at radius 2 is 1.86 bits per heavy atom. The van der Waals surface area contributed by atoms with E-state index in [1.807, 2.05) is 0 Å². The third-order valence-corrected chi connectivity index (χ3v) is 6.15. The zero-order chi connectivity index (χ0) is 21.9. The number of sulfonamides is 1. The van der Waals surface area contributed by atoms with E-state index in [2.05, 4.69) is 10.3 Å². The number of nitrogens with one attached hydrogen (secondary N) is 2. The van der Waals surface area contributed by atoms with Gasteiger partial charge in [-0.3, -0.25) is 4.79 Å². The van der Waals surface area contributed by atoms with Crippen molar-refractivity contribution in [3.8, 4) is 5.75 Å². The fourth-order valence-electron chi connectivity index (χ4n) is 2.83. The number of ether oxygens (including phenoxy) is 2. The zero-order valence-corrected chi connectivity index (χ0v) is 18.1. The molecule has 2 rings (SSSR count). The second-order valence-corrected chi connectivity index (χ2v) is 8.60. The Morgan fingerprint density at radius 1 is 1.21 bits per heavy atom. The summed E-state index contributed by atoms with van der Waals surface area (Å²) in [6, 6.07) is 4.18. The molecular formula is C19H25N3O6S. The number of rotatable bonds is 7. The van der Waals surface area contributed by atoms with E-state index in [0.29, 0.717) is 22.6 Å². The van der Waals surface area contributed by atoms with Crippen LogP contribution >= 0.6 is 0 Å². The monoisotopic (exact) mass is 423 g/mol. The topological polar surface area (TPSA) is 118 Å². The number of esters is 1. The van der Waals surface area contributed by atoms with Gasteiger partial charge in [-0.15, -0.1) is 0 Å². The maximum Gasteiger partial charge on any atom is 0.340 e. The van der Waals surface area contributed by atoms with Gasteiger partial charge in [0, 0.05) is 19.8 Å². The third kappa shape index (κ3) is 4.43. The van der Waals surface area contributed by atoms with Crippen LogP contribution in [0.3, 0.4) is 0 Å². The average Bonchev–Trinajstić information content (AvgIpc) is 2.96.